The van der Waals surface area contributed by atoms with Gasteiger partial charge in [0.1, 0.15) is 5.75 Å². The zero-order chi connectivity index (χ0) is 19.8. The molecule has 2 atom stereocenters. The Hall–Kier alpha value is -2.57. The number of amides is 2. The molecule has 0 aliphatic heterocycles. The van der Waals surface area contributed by atoms with Crippen LogP contribution in [0, 0.1) is 0 Å². The second-order valence-electron chi connectivity index (χ2n) is 6.40. The van der Waals surface area contributed by atoms with Crippen LogP contribution in [-0.2, 0) is 9.59 Å². The summed E-state index contributed by atoms with van der Waals surface area (Å²) >= 11 is 6.16. The Morgan fingerprint density at radius 1 is 1.07 bits per heavy atom. The molecule has 0 saturated heterocycles. The van der Waals surface area contributed by atoms with Crippen LogP contribution >= 0.6 is 11.6 Å². The van der Waals surface area contributed by atoms with Crippen molar-refractivity contribution < 1.29 is 19.2 Å². The van der Waals surface area contributed by atoms with E-state index in [1.165, 1.54) is 0 Å². The predicted molar refractivity (Wildman–Crippen MR) is 106 cm³/mol. The van der Waals surface area contributed by atoms with Gasteiger partial charge < -0.3 is 20.3 Å². The number of ether oxygens (including phenoxy) is 1. The van der Waals surface area contributed by atoms with Crippen LogP contribution < -0.4 is 20.3 Å². The van der Waals surface area contributed by atoms with Crippen molar-refractivity contribution >= 4 is 29.1 Å². The fraction of sp³-hybridized carbons (Fsp3) is 0.300. The van der Waals surface area contributed by atoms with Crippen molar-refractivity contribution in [3.8, 4) is 5.75 Å². The minimum absolute atomic E-state index is 0.142. The number of nitrogens with one attached hydrogen (secondary N) is 3. The summed E-state index contributed by atoms with van der Waals surface area (Å²) in [4.78, 5) is 25.2. The maximum absolute atomic E-state index is 12.2. The maximum Gasteiger partial charge on any atom is 0.279 e. The molecule has 1 unspecified atom stereocenters. The van der Waals surface area contributed by atoms with E-state index in [0.717, 1.165) is 16.2 Å². The number of carbonyl (C=O) groups is 2. The second kappa shape index (κ2) is 9.94. The first-order chi connectivity index (χ1) is 12.9. The average Bonchev–Trinajstić information content (AvgIpc) is 2.62. The molecule has 27 heavy (non-hydrogen) atoms. The van der Waals surface area contributed by atoms with E-state index in [0.29, 0.717) is 10.7 Å². The van der Waals surface area contributed by atoms with Crippen molar-refractivity contribution in [2.24, 2.45) is 0 Å². The summed E-state index contributed by atoms with van der Waals surface area (Å²) in [6, 6.07) is 14.3. The zero-order valence-electron chi connectivity index (χ0n) is 15.7. The van der Waals surface area contributed by atoms with Crippen LogP contribution in [0.15, 0.2) is 48.5 Å². The van der Waals surface area contributed by atoms with Crippen molar-refractivity contribution in [3.05, 3.63) is 59.1 Å². The smallest absolute Gasteiger partial charge is 0.279 e. The molecular formula is C20H25ClN3O3+. The predicted octanol–water partition coefficient (Wildman–Crippen LogP) is 1.68. The summed E-state index contributed by atoms with van der Waals surface area (Å²) in [6.45, 7) is 2.25. The fourth-order valence-corrected chi connectivity index (χ4v) is 2.99. The summed E-state index contributed by atoms with van der Waals surface area (Å²) in [6.07, 6.45) is 0. The molecule has 0 fully saturated rings. The summed E-state index contributed by atoms with van der Waals surface area (Å²) in [5, 5.41) is 6.34. The number of halogens is 1. The van der Waals surface area contributed by atoms with Crippen molar-refractivity contribution in [1.82, 2.24) is 5.32 Å². The number of likely N-dealkylation sites (N-methyl/N-ethyl adjacent to an activating group) is 1. The number of hydrogen-bond donors (Lipinski definition) is 3. The molecule has 3 N–H and O–H groups in total. The van der Waals surface area contributed by atoms with Crippen LogP contribution in [0.1, 0.15) is 18.5 Å². The third-order valence-electron chi connectivity index (χ3n) is 4.05. The van der Waals surface area contributed by atoms with Crippen LogP contribution in [0.5, 0.6) is 5.75 Å². The Kier molecular flexibility index (Phi) is 7.64. The van der Waals surface area contributed by atoms with Gasteiger partial charge in [-0.15, -0.1) is 0 Å². The van der Waals surface area contributed by atoms with Crippen molar-refractivity contribution in [3.63, 3.8) is 0 Å². The van der Waals surface area contributed by atoms with Crippen LogP contribution in [0.3, 0.4) is 0 Å². The van der Waals surface area contributed by atoms with Gasteiger partial charge in [0.05, 0.1) is 20.2 Å². The highest BCUT2D eigenvalue weighted by Gasteiger charge is 2.17. The van der Waals surface area contributed by atoms with Crippen molar-refractivity contribution in [2.45, 2.75) is 13.0 Å². The van der Waals surface area contributed by atoms with E-state index in [1.807, 2.05) is 25.1 Å². The van der Waals surface area contributed by atoms with E-state index in [9.17, 15) is 9.59 Å². The topological polar surface area (TPSA) is 71.9 Å². The largest absolute Gasteiger partial charge is 0.497 e. The van der Waals surface area contributed by atoms with Gasteiger partial charge in [-0.25, -0.2) is 0 Å². The van der Waals surface area contributed by atoms with Crippen LogP contribution in [0.25, 0.3) is 0 Å². The van der Waals surface area contributed by atoms with Crippen LogP contribution in [-0.4, -0.2) is 39.1 Å². The molecule has 144 valence electrons. The summed E-state index contributed by atoms with van der Waals surface area (Å²) in [7, 11) is 3.39. The summed E-state index contributed by atoms with van der Waals surface area (Å²) < 4.78 is 5.08. The molecule has 0 aliphatic carbocycles. The molecule has 2 amide bonds. The first-order valence-corrected chi connectivity index (χ1v) is 9.06. The molecule has 0 bridgehead atoms. The Bertz CT molecular complexity index is 780. The van der Waals surface area contributed by atoms with E-state index in [1.54, 1.807) is 44.5 Å². The van der Waals surface area contributed by atoms with E-state index < -0.39 is 0 Å². The van der Waals surface area contributed by atoms with Gasteiger partial charge >= 0.3 is 0 Å². The van der Waals surface area contributed by atoms with E-state index in [-0.39, 0.29) is 30.9 Å². The second-order valence-corrected chi connectivity index (χ2v) is 6.81. The lowest BCUT2D eigenvalue weighted by atomic mass is 10.1. The van der Waals surface area contributed by atoms with Crippen molar-refractivity contribution in [1.29, 1.82) is 0 Å². The fourth-order valence-electron chi connectivity index (χ4n) is 2.69. The van der Waals surface area contributed by atoms with Gasteiger partial charge in [0.2, 0.25) is 0 Å². The Balaban J connectivity index is 1.79. The standard InChI is InChI=1S/C20H24ClN3O3/c1-14(17-6-4-5-7-18(17)21)22-19(25)12-24(2)13-20(26)23-15-8-10-16(27-3)11-9-15/h4-11,14H,12-13H2,1-3H3,(H,22,25)(H,23,26)/p+1/t14-/m0/s1. The number of hydrogen-bond acceptors (Lipinski definition) is 3. The minimum atomic E-state index is -0.202. The normalized spacial score (nSPS) is 12.7. The summed E-state index contributed by atoms with van der Waals surface area (Å²) in [5.41, 5.74) is 1.55. The lowest BCUT2D eigenvalue weighted by molar-refractivity contribution is -0.862. The number of anilines is 1. The maximum atomic E-state index is 12.2. The monoisotopic (exact) mass is 390 g/mol. The molecule has 0 spiro atoms. The number of rotatable bonds is 8. The Morgan fingerprint density at radius 2 is 1.70 bits per heavy atom. The first kappa shape index (κ1) is 20.7. The van der Waals surface area contributed by atoms with E-state index >= 15 is 0 Å². The highest BCUT2D eigenvalue weighted by Crippen LogP contribution is 2.21. The number of methoxy groups -OCH3 is 1. The molecule has 0 aromatic heterocycles. The third-order valence-corrected chi connectivity index (χ3v) is 4.39. The molecular weight excluding hydrogens is 366 g/mol. The van der Waals surface area contributed by atoms with Crippen LogP contribution in [0.2, 0.25) is 5.02 Å². The van der Waals surface area contributed by atoms with Gasteiger partial charge in [0.15, 0.2) is 13.1 Å². The molecule has 2 aromatic carbocycles. The molecule has 0 radical (unpaired) electrons. The Labute approximate surface area is 164 Å². The number of quaternary nitrogens is 1. The molecule has 0 heterocycles. The average molecular weight is 391 g/mol. The highest BCUT2D eigenvalue weighted by atomic mass is 35.5. The van der Waals surface area contributed by atoms with Gasteiger partial charge in [0, 0.05) is 10.7 Å². The molecule has 0 saturated carbocycles. The van der Waals surface area contributed by atoms with Gasteiger partial charge in [-0.05, 0) is 42.8 Å². The summed E-state index contributed by atoms with van der Waals surface area (Å²) in [5.74, 6) is 0.418. The molecule has 6 nitrogen and oxygen atoms in total. The molecule has 0 aliphatic rings. The third kappa shape index (κ3) is 6.58. The van der Waals surface area contributed by atoms with Crippen molar-refractivity contribution in [2.75, 3.05) is 32.6 Å². The minimum Gasteiger partial charge on any atom is -0.497 e. The molecule has 2 rings (SSSR count). The molecule has 7 heteroatoms. The van der Waals surface area contributed by atoms with E-state index in [4.69, 9.17) is 16.3 Å². The molecule has 2 aromatic rings. The van der Waals surface area contributed by atoms with Gasteiger partial charge in [-0.1, -0.05) is 29.8 Å². The number of carbonyl (C=O) groups excluding carboxylic acids is 2. The first-order valence-electron chi connectivity index (χ1n) is 8.68. The Morgan fingerprint density at radius 3 is 2.33 bits per heavy atom. The van der Waals surface area contributed by atoms with Gasteiger partial charge in [0.25, 0.3) is 11.8 Å². The van der Waals surface area contributed by atoms with Crippen LogP contribution in [0.4, 0.5) is 5.69 Å². The van der Waals surface area contributed by atoms with Gasteiger partial charge in [-0.2, -0.15) is 0 Å². The quantitative estimate of drug-likeness (QED) is 0.642. The lowest BCUT2D eigenvalue weighted by Crippen LogP contribution is -3.11. The highest BCUT2D eigenvalue weighted by molar-refractivity contribution is 6.31. The van der Waals surface area contributed by atoms with Gasteiger partial charge in [-0.3, -0.25) is 9.59 Å². The zero-order valence-corrected chi connectivity index (χ0v) is 16.5. The SMILES string of the molecule is COc1ccc(NC(=O)C[NH+](C)CC(=O)N[C@@H](C)c2ccccc2Cl)cc1. The number of benzene rings is 2. The van der Waals surface area contributed by atoms with E-state index in [2.05, 4.69) is 10.6 Å². The lowest BCUT2D eigenvalue weighted by Gasteiger charge is -2.18.